The average Bonchev–Trinajstić information content (AvgIpc) is 2.93. The second-order valence-corrected chi connectivity index (χ2v) is 5.76. The van der Waals surface area contributed by atoms with Crippen LogP contribution in [-0.4, -0.2) is 31.8 Å². The molecule has 0 unspecified atom stereocenters. The summed E-state index contributed by atoms with van der Waals surface area (Å²) in [5.74, 6) is 1.07. The lowest BCUT2D eigenvalue weighted by molar-refractivity contribution is -0.385. The maximum Gasteiger partial charge on any atom is 0.332 e. The highest BCUT2D eigenvalue weighted by molar-refractivity contribution is 5.67. The van der Waals surface area contributed by atoms with Crippen molar-refractivity contribution in [1.29, 1.82) is 0 Å². The molecule has 26 heavy (non-hydrogen) atoms. The molecule has 9 nitrogen and oxygen atoms in total. The molecule has 2 heterocycles. The van der Waals surface area contributed by atoms with Crippen LogP contribution in [0.1, 0.15) is 17.1 Å². The molecule has 0 aliphatic carbocycles. The minimum Gasteiger partial charge on any atom is -0.497 e. The first-order valence-electron chi connectivity index (χ1n) is 7.87. The molecule has 0 aliphatic heterocycles. The minimum absolute atomic E-state index is 0.107. The van der Waals surface area contributed by atoms with Crippen molar-refractivity contribution >= 4 is 17.2 Å². The number of aromatic nitrogens is 4. The normalized spacial score (nSPS) is 10.6. The molecule has 0 saturated carbocycles. The molecule has 0 spiro atoms. The third-order valence-electron chi connectivity index (χ3n) is 3.78. The van der Waals surface area contributed by atoms with Gasteiger partial charge in [-0.3, -0.25) is 10.1 Å². The molecule has 0 aliphatic rings. The number of benzene rings is 1. The van der Waals surface area contributed by atoms with Crippen molar-refractivity contribution in [2.75, 3.05) is 12.4 Å². The van der Waals surface area contributed by atoms with Crippen LogP contribution in [-0.2, 0) is 0 Å². The molecule has 0 saturated heterocycles. The highest BCUT2D eigenvalue weighted by atomic mass is 16.6. The molecule has 1 aromatic carbocycles. The summed E-state index contributed by atoms with van der Waals surface area (Å²) in [7, 11) is 1.57. The van der Waals surface area contributed by atoms with Gasteiger partial charge in [0.1, 0.15) is 11.4 Å². The van der Waals surface area contributed by atoms with Crippen molar-refractivity contribution in [2.24, 2.45) is 0 Å². The standard InChI is InChI=1S/C17H18N6O3/c1-10-9-11(2)22(21-10)17-18-12(3)15(23(24)25)16(20-17)19-13-5-7-14(26-4)8-6-13/h5-9H,1-4H3,(H,18,19,20). The number of nitro groups is 1. The van der Waals surface area contributed by atoms with E-state index in [1.165, 1.54) is 0 Å². The van der Waals surface area contributed by atoms with E-state index in [-0.39, 0.29) is 23.1 Å². The predicted molar refractivity (Wildman–Crippen MR) is 96.3 cm³/mol. The molecule has 1 N–H and O–H groups in total. The van der Waals surface area contributed by atoms with Gasteiger partial charge in [0.25, 0.3) is 5.95 Å². The van der Waals surface area contributed by atoms with Gasteiger partial charge < -0.3 is 10.1 Å². The number of nitrogens with one attached hydrogen (secondary N) is 1. The molecule has 0 fully saturated rings. The molecular weight excluding hydrogens is 336 g/mol. The number of methoxy groups -OCH3 is 1. The Morgan fingerprint density at radius 2 is 1.85 bits per heavy atom. The monoisotopic (exact) mass is 354 g/mol. The number of hydrogen-bond donors (Lipinski definition) is 1. The van der Waals surface area contributed by atoms with E-state index in [1.54, 1.807) is 43.0 Å². The second-order valence-electron chi connectivity index (χ2n) is 5.76. The van der Waals surface area contributed by atoms with Gasteiger partial charge in [-0.2, -0.15) is 10.1 Å². The van der Waals surface area contributed by atoms with E-state index >= 15 is 0 Å². The van der Waals surface area contributed by atoms with Crippen molar-refractivity contribution < 1.29 is 9.66 Å². The maximum absolute atomic E-state index is 11.5. The van der Waals surface area contributed by atoms with Crippen LogP contribution in [0.4, 0.5) is 17.2 Å². The van der Waals surface area contributed by atoms with Crippen LogP contribution in [0, 0.1) is 30.9 Å². The lowest BCUT2D eigenvalue weighted by atomic mass is 10.3. The van der Waals surface area contributed by atoms with Gasteiger partial charge >= 0.3 is 5.69 Å². The molecular formula is C17H18N6O3. The summed E-state index contributed by atoms with van der Waals surface area (Å²) in [6.45, 7) is 5.31. The highest BCUT2D eigenvalue weighted by Gasteiger charge is 2.23. The van der Waals surface area contributed by atoms with Crippen LogP contribution in [0.2, 0.25) is 0 Å². The number of hydrogen-bond acceptors (Lipinski definition) is 7. The van der Waals surface area contributed by atoms with E-state index in [4.69, 9.17) is 4.74 Å². The van der Waals surface area contributed by atoms with Crippen LogP contribution in [0.15, 0.2) is 30.3 Å². The van der Waals surface area contributed by atoms with E-state index in [1.807, 2.05) is 19.9 Å². The summed E-state index contributed by atoms with van der Waals surface area (Å²) in [6, 6.07) is 8.90. The van der Waals surface area contributed by atoms with Gasteiger partial charge in [0.15, 0.2) is 0 Å². The van der Waals surface area contributed by atoms with Crippen molar-refractivity contribution in [3.63, 3.8) is 0 Å². The van der Waals surface area contributed by atoms with Crippen LogP contribution in [0.5, 0.6) is 5.75 Å². The fourth-order valence-electron chi connectivity index (χ4n) is 2.60. The Kier molecular flexibility index (Phi) is 4.53. The molecule has 3 rings (SSSR count). The quantitative estimate of drug-likeness (QED) is 0.553. The lowest BCUT2D eigenvalue weighted by Crippen LogP contribution is -2.11. The first-order valence-corrected chi connectivity index (χ1v) is 7.87. The first-order chi connectivity index (χ1) is 12.4. The molecule has 0 radical (unpaired) electrons. The molecule has 0 amide bonds. The average molecular weight is 354 g/mol. The maximum atomic E-state index is 11.5. The Morgan fingerprint density at radius 1 is 1.15 bits per heavy atom. The van der Waals surface area contributed by atoms with Crippen LogP contribution in [0.3, 0.4) is 0 Å². The molecule has 9 heteroatoms. The van der Waals surface area contributed by atoms with Gasteiger partial charge in [0, 0.05) is 11.4 Å². The third kappa shape index (κ3) is 3.32. The van der Waals surface area contributed by atoms with Crippen LogP contribution >= 0.6 is 0 Å². The van der Waals surface area contributed by atoms with Gasteiger partial charge in [-0.1, -0.05) is 0 Å². The van der Waals surface area contributed by atoms with Gasteiger partial charge in [-0.25, -0.2) is 9.67 Å². The summed E-state index contributed by atoms with van der Waals surface area (Å²) in [6.07, 6.45) is 0. The number of ether oxygens (including phenoxy) is 1. The first kappa shape index (κ1) is 17.3. The van der Waals surface area contributed by atoms with Crippen molar-refractivity contribution in [1.82, 2.24) is 19.7 Å². The summed E-state index contributed by atoms with van der Waals surface area (Å²) < 4.78 is 6.68. The molecule has 134 valence electrons. The minimum atomic E-state index is -0.494. The molecule has 0 atom stereocenters. The summed E-state index contributed by atoms with van der Waals surface area (Å²) in [5, 5.41) is 18.8. The predicted octanol–water partition coefficient (Wildman–Crippen LogP) is 3.25. The number of rotatable bonds is 5. The van der Waals surface area contributed by atoms with Gasteiger partial charge in [-0.05, 0) is 51.1 Å². The topological polar surface area (TPSA) is 108 Å². The van der Waals surface area contributed by atoms with Crippen LogP contribution in [0.25, 0.3) is 5.95 Å². The van der Waals surface area contributed by atoms with Crippen molar-refractivity contribution in [3.05, 3.63) is 57.5 Å². The zero-order chi connectivity index (χ0) is 18.8. The van der Waals surface area contributed by atoms with Crippen molar-refractivity contribution in [3.8, 4) is 11.7 Å². The smallest absolute Gasteiger partial charge is 0.332 e. The van der Waals surface area contributed by atoms with E-state index in [0.717, 1.165) is 11.4 Å². The molecule has 0 bridgehead atoms. The lowest BCUT2D eigenvalue weighted by Gasteiger charge is -2.11. The van der Waals surface area contributed by atoms with Gasteiger partial charge in [-0.15, -0.1) is 0 Å². The SMILES string of the molecule is COc1ccc(Nc2nc(-n3nc(C)cc3C)nc(C)c2[N+](=O)[O-])cc1. The van der Waals surface area contributed by atoms with E-state index < -0.39 is 4.92 Å². The van der Waals surface area contributed by atoms with Gasteiger partial charge in [0.05, 0.1) is 17.7 Å². The summed E-state index contributed by atoms with van der Waals surface area (Å²) in [5.41, 5.74) is 2.37. The Morgan fingerprint density at radius 3 is 2.38 bits per heavy atom. The summed E-state index contributed by atoms with van der Waals surface area (Å²) in [4.78, 5) is 19.6. The van der Waals surface area contributed by atoms with E-state index in [0.29, 0.717) is 11.4 Å². The van der Waals surface area contributed by atoms with E-state index in [2.05, 4.69) is 20.4 Å². The fourth-order valence-corrected chi connectivity index (χ4v) is 2.60. The Balaban J connectivity index is 2.08. The number of aryl methyl sites for hydroxylation is 3. The highest BCUT2D eigenvalue weighted by Crippen LogP contribution is 2.29. The fraction of sp³-hybridized carbons (Fsp3) is 0.235. The molecule has 2 aromatic heterocycles. The van der Waals surface area contributed by atoms with Crippen molar-refractivity contribution in [2.45, 2.75) is 20.8 Å². The molecule has 3 aromatic rings. The van der Waals surface area contributed by atoms with Gasteiger partial charge in [0.2, 0.25) is 5.82 Å². The third-order valence-corrected chi connectivity index (χ3v) is 3.78. The van der Waals surface area contributed by atoms with Crippen LogP contribution < -0.4 is 10.1 Å². The Hall–Kier alpha value is -3.49. The Labute approximate surface area is 149 Å². The number of nitrogens with zero attached hydrogens (tertiary/aromatic N) is 5. The van der Waals surface area contributed by atoms with E-state index in [9.17, 15) is 10.1 Å². The Bertz CT molecular complexity index is 965. The zero-order valence-electron chi connectivity index (χ0n) is 14.8. The summed E-state index contributed by atoms with van der Waals surface area (Å²) >= 11 is 0. The largest absolute Gasteiger partial charge is 0.497 e. The number of anilines is 2. The zero-order valence-corrected chi connectivity index (χ0v) is 14.8. The second kappa shape index (κ2) is 6.79.